The highest BCUT2D eigenvalue weighted by Crippen LogP contribution is 2.22. The van der Waals surface area contributed by atoms with Crippen molar-refractivity contribution in [3.8, 4) is 5.75 Å². The molecular weight excluding hydrogens is 282 g/mol. The van der Waals surface area contributed by atoms with E-state index in [1.807, 2.05) is 24.3 Å². The molecule has 0 fully saturated rings. The van der Waals surface area contributed by atoms with Crippen molar-refractivity contribution in [3.05, 3.63) is 64.7 Å². The molecule has 0 radical (unpaired) electrons. The monoisotopic (exact) mass is 303 g/mol. The maximum Gasteiger partial charge on any atom is 0.118 e. The first kappa shape index (κ1) is 15.9. The highest BCUT2D eigenvalue weighted by atomic mass is 35.5. The molecule has 0 saturated heterocycles. The second kappa shape index (κ2) is 8.06. The molecule has 1 atom stereocenters. The van der Waals surface area contributed by atoms with Gasteiger partial charge in [-0.05, 0) is 54.8 Å². The van der Waals surface area contributed by atoms with Gasteiger partial charge in [-0.25, -0.2) is 0 Å². The maximum atomic E-state index is 5.96. The number of hydrogen-bond acceptors (Lipinski definition) is 2. The van der Waals surface area contributed by atoms with Crippen LogP contribution in [0.15, 0.2) is 48.5 Å². The van der Waals surface area contributed by atoms with Crippen LogP contribution in [-0.2, 0) is 6.42 Å². The SMILES string of the molecule is CCNC(CCc1ccc(OC)cc1)c1ccc(Cl)cc1. The fraction of sp³-hybridized carbons (Fsp3) is 0.333. The van der Waals surface area contributed by atoms with E-state index in [1.54, 1.807) is 7.11 Å². The topological polar surface area (TPSA) is 21.3 Å². The van der Waals surface area contributed by atoms with Crippen LogP contribution in [0.5, 0.6) is 5.75 Å². The second-order valence-corrected chi connectivity index (χ2v) is 5.49. The predicted molar refractivity (Wildman–Crippen MR) is 89.2 cm³/mol. The number of nitrogens with one attached hydrogen (secondary N) is 1. The quantitative estimate of drug-likeness (QED) is 0.805. The number of hydrogen-bond donors (Lipinski definition) is 1. The lowest BCUT2D eigenvalue weighted by Crippen LogP contribution is -2.21. The van der Waals surface area contributed by atoms with Crippen LogP contribution in [0.4, 0.5) is 0 Å². The highest BCUT2D eigenvalue weighted by molar-refractivity contribution is 6.30. The van der Waals surface area contributed by atoms with Gasteiger partial charge in [-0.1, -0.05) is 42.8 Å². The Hall–Kier alpha value is -1.51. The van der Waals surface area contributed by atoms with Crippen LogP contribution in [0, 0.1) is 0 Å². The van der Waals surface area contributed by atoms with Crippen molar-refractivity contribution in [3.63, 3.8) is 0 Å². The molecule has 112 valence electrons. The lowest BCUT2D eigenvalue weighted by molar-refractivity contribution is 0.414. The number of halogens is 1. The summed E-state index contributed by atoms with van der Waals surface area (Å²) in [6.07, 6.45) is 2.09. The summed E-state index contributed by atoms with van der Waals surface area (Å²) < 4.78 is 5.19. The van der Waals surface area contributed by atoms with E-state index in [9.17, 15) is 0 Å². The number of benzene rings is 2. The Morgan fingerprint density at radius 3 is 2.29 bits per heavy atom. The van der Waals surface area contributed by atoms with Gasteiger partial charge in [0.05, 0.1) is 7.11 Å². The van der Waals surface area contributed by atoms with E-state index in [2.05, 4.69) is 36.5 Å². The minimum atomic E-state index is 0.356. The Labute approximate surface area is 132 Å². The third kappa shape index (κ3) is 4.76. The molecule has 0 aliphatic heterocycles. The lowest BCUT2D eigenvalue weighted by Gasteiger charge is -2.18. The molecule has 0 saturated carbocycles. The first-order chi connectivity index (χ1) is 10.2. The first-order valence-electron chi connectivity index (χ1n) is 7.34. The number of aryl methyl sites for hydroxylation is 1. The number of methoxy groups -OCH3 is 1. The molecule has 1 N–H and O–H groups in total. The zero-order valence-corrected chi connectivity index (χ0v) is 13.4. The van der Waals surface area contributed by atoms with Crippen molar-refractivity contribution in [2.24, 2.45) is 0 Å². The largest absolute Gasteiger partial charge is 0.497 e. The predicted octanol–water partition coefficient (Wildman–Crippen LogP) is 4.63. The van der Waals surface area contributed by atoms with Crippen LogP contribution in [0.1, 0.15) is 30.5 Å². The summed E-state index contributed by atoms with van der Waals surface area (Å²) in [6, 6.07) is 16.7. The summed E-state index contributed by atoms with van der Waals surface area (Å²) in [5.41, 5.74) is 2.61. The summed E-state index contributed by atoms with van der Waals surface area (Å²) in [5.74, 6) is 0.902. The Kier molecular flexibility index (Phi) is 6.09. The average molecular weight is 304 g/mol. The van der Waals surface area contributed by atoms with E-state index in [0.29, 0.717) is 6.04 Å². The average Bonchev–Trinajstić information content (AvgIpc) is 2.53. The third-order valence-corrected chi connectivity index (χ3v) is 3.86. The van der Waals surface area contributed by atoms with E-state index in [4.69, 9.17) is 16.3 Å². The van der Waals surface area contributed by atoms with Crippen LogP contribution in [0.25, 0.3) is 0 Å². The van der Waals surface area contributed by atoms with Crippen LogP contribution in [-0.4, -0.2) is 13.7 Å². The second-order valence-electron chi connectivity index (χ2n) is 5.05. The lowest BCUT2D eigenvalue weighted by atomic mass is 9.99. The highest BCUT2D eigenvalue weighted by Gasteiger charge is 2.10. The maximum absolute atomic E-state index is 5.96. The van der Waals surface area contributed by atoms with E-state index < -0.39 is 0 Å². The van der Waals surface area contributed by atoms with Crippen LogP contribution < -0.4 is 10.1 Å². The summed E-state index contributed by atoms with van der Waals surface area (Å²) in [6.45, 7) is 3.09. The molecule has 2 aromatic rings. The molecule has 0 bridgehead atoms. The van der Waals surface area contributed by atoms with Crippen LogP contribution in [0.2, 0.25) is 5.02 Å². The molecule has 0 amide bonds. The minimum absolute atomic E-state index is 0.356. The smallest absolute Gasteiger partial charge is 0.118 e. The van der Waals surface area contributed by atoms with Gasteiger partial charge >= 0.3 is 0 Å². The zero-order chi connectivity index (χ0) is 15.1. The van der Waals surface area contributed by atoms with E-state index in [0.717, 1.165) is 30.2 Å². The summed E-state index contributed by atoms with van der Waals surface area (Å²) in [5, 5.41) is 4.33. The van der Waals surface area contributed by atoms with Crippen molar-refractivity contribution in [2.75, 3.05) is 13.7 Å². The Bertz CT molecular complexity index is 536. The summed E-state index contributed by atoms with van der Waals surface area (Å²) in [7, 11) is 1.69. The van der Waals surface area contributed by atoms with Gasteiger partial charge in [-0.2, -0.15) is 0 Å². The van der Waals surface area contributed by atoms with Crippen LogP contribution in [0.3, 0.4) is 0 Å². The molecule has 0 aliphatic carbocycles. The molecule has 0 spiro atoms. The van der Waals surface area contributed by atoms with Gasteiger partial charge in [0.1, 0.15) is 5.75 Å². The normalized spacial score (nSPS) is 12.1. The Morgan fingerprint density at radius 2 is 1.71 bits per heavy atom. The van der Waals surface area contributed by atoms with E-state index in [1.165, 1.54) is 11.1 Å². The number of ether oxygens (including phenoxy) is 1. The van der Waals surface area contributed by atoms with E-state index in [-0.39, 0.29) is 0 Å². The van der Waals surface area contributed by atoms with Gasteiger partial charge in [-0.15, -0.1) is 0 Å². The molecule has 2 aromatic carbocycles. The van der Waals surface area contributed by atoms with Gasteiger partial charge in [-0.3, -0.25) is 0 Å². The van der Waals surface area contributed by atoms with E-state index >= 15 is 0 Å². The minimum Gasteiger partial charge on any atom is -0.497 e. The van der Waals surface area contributed by atoms with Crippen molar-refractivity contribution in [2.45, 2.75) is 25.8 Å². The molecular formula is C18H22ClNO. The molecule has 1 unspecified atom stereocenters. The van der Waals surface area contributed by atoms with Gasteiger partial charge < -0.3 is 10.1 Å². The van der Waals surface area contributed by atoms with Crippen molar-refractivity contribution < 1.29 is 4.74 Å². The summed E-state index contributed by atoms with van der Waals surface area (Å²) in [4.78, 5) is 0. The first-order valence-corrected chi connectivity index (χ1v) is 7.72. The molecule has 0 aromatic heterocycles. The van der Waals surface area contributed by atoms with Gasteiger partial charge in [0.25, 0.3) is 0 Å². The molecule has 3 heteroatoms. The standard InChI is InChI=1S/C18H22ClNO/c1-3-20-18(15-7-9-16(19)10-8-15)13-6-14-4-11-17(21-2)12-5-14/h4-5,7-12,18,20H,3,6,13H2,1-2H3. The van der Waals surface area contributed by atoms with Gasteiger partial charge in [0, 0.05) is 11.1 Å². The number of rotatable bonds is 7. The molecule has 0 aliphatic rings. The third-order valence-electron chi connectivity index (χ3n) is 3.60. The summed E-state index contributed by atoms with van der Waals surface area (Å²) >= 11 is 5.96. The van der Waals surface area contributed by atoms with Crippen molar-refractivity contribution in [1.82, 2.24) is 5.32 Å². The molecule has 21 heavy (non-hydrogen) atoms. The fourth-order valence-corrected chi connectivity index (χ4v) is 2.56. The fourth-order valence-electron chi connectivity index (χ4n) is 2.43. The van der Waals surface area contributed by atoms with Crippen molar-refractivity contribution >= 4 is 11.6 Å². The zero-order valence-electron chi connectivity index (χ0n) is 12.6. The Morgan fingerprint density at radius 1 is 1.05 bits per heavy atom. The molecule has 2 nitrogen and oxygen atoms in total. The molecule has 0 heterocycles. The molecule has 2 rings (SSSR count). The Balaban J connectivity index is 2.00. The van der Waals surface area contributed by atoms with Crippen LogP contribution >= 0.6 is 11.6 Å². The van der Waals surface area contributed by atoms with Gasteiger partial charge in [0.15, 0.2) is 0 Å². The van der Waals surface area contributed by atoms with Gasteiger partial charge in [0.2, 0.25) is 0 Å². The van der Waals surface area contributed by atoms with Crippen molar-refractivity contribution in [1.29, 1.82) is 0 Å².